The minimum atomic E-state index is -0.695. The second-order valence-corrected chi connectivity index (χ2v) is 6.18. The molecule has 1 saturated heterocycles. The average Bonchev–Trinajstić information content (AvgIpc) is 3.12. The van der Waals surface area contributed by atoms with Crippen LogP contribution in [0.1, 0.15) is 24.1 Å². The molecule has 0 bridgehead atoms. The first-order valence-corrected chi connectivity index (χ1v) is 8.42. The highest BCUT2D eigenvalue weighted by Gasteiger charge is 2.22. The molecule has 1 aliphatic rings. The Morgan fingerprint density at radius 1 is 1.24 bits per heavy atom. The third-order valence-corrected chi connectivity index (χ3v) is 4.32. The minimum absolute atomic E-state index is 0.133. The first-order chi connectivity index (χ1) is 12.2. The number of methoxy groups -OCH3 is 1. The van der Waals surface area contributed by atoms with Gasteiger partial charge in [0.05, 0.1) is 18.9 Å². The molecule has 2 aromatic rings. The Kier molecular flexibility index (Phi) is 5.94. The van der Waals surface area contributed by atoms with Crippen molar-refractivity contribution in [3.63, 3.8) is 0 Å². The lowest BCUT2D eigenvalue weighted by atomic mass is 10.1. The molecule has 4 nitrogen and oxygen atoms in total. The maximum Gasteiger partial charge on any atom is 0.190 e. The lowest BCUT2D eigenvalue weighted by molar-refractivity contribution is 0.0670. The number of aromatic nitrogens is 1. The molecule has 0 spiro atoms. The third kappa shape index (κ3) is 4.52. The summed E-state index contributed by atoms with van der Waals surface area (Å²) in [5.41, 5.74) is 1.29. The van der Waals surface area contributed by atoms with Crippen LogP contribution in [-0.4, -0.2) is 36.2 Å². The van der Waals surface area contributed by atoms with Crippen molar-refractivity contribution in [3.8, 4) is 5.75 Å². The summed E-state index contributed by atoms with van der Waals surface area (Å²) in [7, 11) is 1.27. The molecule has 1 aromatic heterocycles. The largest absolute Gasteiger partial charge is 0.491 e. The summed E-state index contributed by atoms with van der Waals surface area (Å²) in [5.74, 6) is -1.69. The van der Waals surface area contributed by atoms with Gasteiger partial charge in [-0.1, -0.05) is 12.1 Å². The van der Waals surface area contributed by atoms with E-state index in [1.165, 1.54) is 19.2 Å². The standard InChI is InChI=1S/C19H22F2N2O2/c1-24-19-17(20)8-7-14(18(19)21)11-23(13-16-6-4-10-25-16)12-15-5-2-3-9-22-15/h2-3,5,7-9,16H,4,6,10-13H2,1H3. The van der Waals surface area contributed by atoms with Crippen LogP contribution in [-0.2, 0) is 17.8 Å². The van der Waals surface area contributed by atoms with E-state index in [1.54, 1.807) is 6.20 Å². The molecule has 1 fully saturated rings. The van der Waals surface area contributed by atoms with Crippen LogP contribution in [0.15, 0.2) is 36.5 Å². The van der Waals surface area contributed by atoms with E-state index in [4.69, 9.17) is 9.47 Å². The van der Waals surface area contributed by atoms with Crippen LogP contribution in [0.25, 0.3) is 0 Å². The van der Waals surface area contributed by atoms with Gasteiger partial charge in [-0.05, 0) is 31.0 Å². The molecule has 6 heteroatoms. The van der Waals surface area contributed by atoms with Crippen molar-refractivity contribution in [2.75, 3.05) is 20.3 Å². The lowest BCUT2D eigenvalue weighted by Crippen LogP contribution is -2.32. The van der Waals surface area contributed by atoms with E-state index in [2.05, 4.69) is 9.88 Å². The highest BCUT2D eigenvalue weighted by atomic mass is 19.1. The lowest BCUT2D eigenvalue weighted by Gasteiger charge is -2.25. The summed E-state index contributed by atoms with van der Waals surface area (Å²) >= 11 is 0. The Hall–Kier alpha value is -2.05. The van der Waals surface area contributed by atoms with Gasteiger partial charge in [0.15, 0.2) is 17.4 Å². The van der Waals surface area contributed by atoms with Crippen molar-refractivity contribution in [1.82, 2.24) is 9.88 Å². The Labute approximate surface area is 146 Å². The molecular weight excluding hydrogens is 326 g/mol. The van der Waals surface area contributed by atoms with Crippen LogP contribution in [0.3, 0.4) is 0 Å². The van der Waals surface area contributed by atoms with Gasteiger partial charge in [0, 0.05) is 38.0 Å². The van der Waals surface area contributed by atoms with Crippen molar-refractivity contribution >= 4 is 0 Å². The molecule has 0 radical (unpaired) electrons. The van der Waals surface area contributed by atoms with Crippen LogP contribution >= 0.6 is 0 Å². The Morgan fingerprint density at radius 2 is 2.12 bits per heavy atom. The van der Waals surface area contributed by atoms with Gasteiger partial charge < -0.3 is 9.47 Å². The second-order valence-electron chi connectivity index (χ2n) is 6.18. The number of benzene rings is 1. The first-order valence-electron chi connectivity index (χ1n) is 8.42. The molecule has 3 rings (SSSR count). The third-order valence-electron chi connectivity index (χ3n) is 4.32. The molecule has 0 saturated carbocycles. The highest BCUT2D eigenvalue weighted by Crippen LogP contribution is 2.26. The zero-order chi connectivity index (χ0) is 17.6. The van der Waals surface area contributed by atoms with Crippen molar-refractivity contribution in [2.24, 2.45) is 0 Å². The summed E-state index contributed by atoms with van der Waals surface area (Å²) in [6.45, 7) is 2.34. The molecule has 0 amide bonds. The van der Waals surface area contributed by atoms with E-state index in [-0.39, 0.29) is 11.9 Å². The number of hydrogen-bond donors (Lipinski definition) is 0. The molecule has 1 atom stereocenters. The van der Waals surface area contributed by atoms with Crippen molar-refractivity contribution < 1.29 is 18.3 Å². The number of pyridine rings is 1. The molecular formula is C19H22F2N2O2. The molecule has 0 aliphatic carbocycles. The summed E-state index contributed by atoms with van der Waals surface area (Å²) in [6.07, 6.45) is 3.91. The van der Waals surface area contributed by atoms with Crippen LogP contribution in [0.4, 0.5) is 8.78 Å². The quantitative estimate of drug-likeness (QED) is 0.766. The van der Waals surface area contributed by atoms with Gasteiger partial charge in [0.1, 0.15) is 0 Å². The topological polar surface area (TPSA) is 34.6 Å². The van der Waals surface area contributed by atoms with Crippen molar-refractivity contribution in [1.29, 1.82) is 0 Å². The summed E-state index contributed by atoms with van der Waals surface area (Å²) in [6, 6.07) is 8.42. The van der Waals surface area contributed by atoms with Crippen LogP contribution < -0.4 is 4.74 Å². The summed E-state index contributed by atoms with van der Waals surface area (Å²) < 4.78 is 38.7. The number of hydrogen-bond acceptors (Lipinski definition) is 4. The maximum absolute atomic E-state index is 14.5. The van der Waals surface area contributed by atoms with Gasteiger partial charge >= 0.3 is 0 Å². The van der Waals surface area contributed by atoms with E-state index >= 15 is 0 Å². The van der Waals surface area contributed by atoms with E-state index in [0.717, 1.165) is 25.1 Å². The fourth-order valence-electron chi connectivity index (χ4n) is 3.11. The van der Waals surface area contributed by atoms with Gasteiger partial charge in [0.25, 0.3) is 0 Å². The van der Waals surface area contributed by atoms with Crippen LogP contribution in [0.5, 0.6) is 5.75 Å². The van der Waals surface area contributed by atoms with E-state index in [1.807, 2.05) is 18.2 Å². The van der Waals surface area contributed by atoms with Crippen LogP contribution in [0.2, 0.25) is 0 Å². The Balaban J connectivity index is 1.79. The van der Waals surface area contributed by atoms with Gasteiger partial charge in [-0.25, -0.2) is 8.78 Å². The normalized spacial score (nSPS) is 17.2. The monoisotopic (exact) mass is 348 g/mol. The predicted octanol–water partition coefficient (Wildman–Crippen LogP) is 3.55. The van der Waals surface area contributed by atoms with Crippen LogP contribution in [0, 0.1) is 11.6 Å². The first kappa shape index (κ1) is 17.8. The zero-order valence-corrected chi connectivity index (χ0v) is 14.3. The SMILES string of the molecule is COc1c(F)ccc(CN(Cc2ccccn2)CC2CCCO2)c1F. The van der Waals surface area contributed by atoms with Crippen molar-refractivity contribution in [2.45, 2.75) is 32.0 Å². The smallest absolute Gasteiger partial charge is 0.190 e. The van der Waals surface area contributed by atoms with Gasteiger partial charge in [-0.15, -0.1) is 0 Å². The Bertz CT molecular complexity index is 691. The maximum atomic E-state index is 14.5. The van der Waals surface area contributed by atoms with Gasteiger partial charge in [0.2, 0.25) is 0 Å². The number of halogens is 2. The molecule has 134 valence electrons. The van der Waals surface area contributed by atoms with Gasteiger partial charge in [-0.2, -0.15) is 0 Å². The molecule has 1 unspecified atom stereocenters. The van der Waals surface area contributed by atoms with E-state index < -0.39 is 11.6 Å². The molecule has 2 heterocycles. The fraction of sp³-hybridized carbons (Fsp3) is 0.421. The Morgan fingerprint density at radius 3 is 2.80 bits per heavy atom. The fourth-order valence-corrected chi connectivity index (χ4v) is 3.11. The summed E-state index contributed by atoms with van der Waals surface area (Å²) in [4.78, 5) is 6.42. The number of nitrogens with zero attached hydrogens (tertiary/aromatic N) is 2. The molecule has 1 aromatic carbocycles. The van der Waals surface area contributed by atoms with Gasteiger partial charge in [-0.3, -0.25) is 9.88 Å². The molecule has 25 heavy (non-hydrogen) atoms. The second kappa shape index (κ2) is 8.36. The summed E-state index contributed by atoms with van der Waals surface area (Å²) in [5, 5.41) is 0. The predicted molar refractivity (Wildman–Crippen MR) is 90.2 cm³/mol. The minimum Gasteiger partial charge on any atom is -0.491 e. The molecule has 0 N–H and O–H groups in total. The molecule has 1 aliphatic heterocycles. The van der Waals surface area contributed by atoms with E-state index in [0.29, 0.717) is 25.2 Å². The number of rotatable bonds is 7. The average molecular weight is 348 g/mol. The highest BCUT2D eigenvalue weighted by molar-refractivity contribution is 5.32. The van der Waals surface area contributed by atoms with Crippen molar-refractivity contribution in [3.05, 3.63) is 59.4 Å². The van der Waals surface area contributed by atoms with E-state index in [9.17, 15) is 8.78 Å². The zero-order valence-electron chi connectivity index (χ0n) is 14.3. The number of ether oxygens (including phenoxy) is 2.